The molecule has 1 aliphatic rings. The van der Waals surface area contributed by atoms with E-state index in [1.54, 1.807) is 0 Å². The standard InChI is InChI=1S/C12H13ClO6/c1-17-11(15)4-8(14)12(16)6-2-9-10(3-7(6)13)19-5-18-9/h2-3,8,12,14,16H,4-5H2,1H3. The minimum absolute atomic E-state index is 0.0793. The maximum atomic E-state index is 11.1. The van der Waals surface area contributed by atoms with Gasteiger partial charge in [-0.1, -0.05) is 11.6 Å². The zero-order chi connectivity index (χ0) is 14.0. The summed E-state index contributed by atoms with van der Waals surface area (Å²) >= 11 is 5.99. The number of hydrogen-bond acceptors (Lipinski definition) is 6. The van der Waals surface area contributed by atoms with Crippen LogP contribution in [0.4, 0.5) is 0 Å². The number of halogens is 1. The Morgan fingerprint density at radius 2 is 2.05 bits per heavy atom. The highest BCUT2D eigenvalue weighted by Gasteiger charge is 2.26. The van der Waals surface area contributed by atoms with Crippen molar-refractivity contribution >= 4 is 17.6 Å². The fourth-order valence-corrected chi connectivity index (χ4v) is 2.00. The Bertz CT molecular complexity index is 489. The molecule has 19 heavy (non-hydrogen) atoms. The second-order valence-electron chi connectivity index (χ2n) is 4.02. The van der Waals surface area contributed by atoms with Crippen LogP contribution in [0.15, 0.2) is 12.1 Å². The Labute approximate surface area is 114 Å². The van der Waals surface area contributed by atoms with Gasteiger partial charge < -0.3 is 24.4 Å². The van der Waals surface area contributed by atoms with E-state index in [1.165, 1.54) is 19.2 Å². The summed E-state index contributed by atoms with van der Waals surface area (Å²) in [5.41, 5.74) is 0.266. The van der Waals surface area contributed by atoms with Crippen LogP contribution in [-0.2, 0) is 9.53 Å². The summed E-state index contributed by atoms with van der Waals surface area (Å²) < 4.78 is 14.7. The van der Waals surface area contributed by atoms with E-state index in [0.29, 0.717) is 11.5 Å². The number of ether oxygens (including phenoxy) is 3. The second-order valence-corrected chi connectivity index (χ2v) is 4.43. The highest BCUT2D eigenvalue weighted by atomic mass is 35.5. The third-order valence-corrected chi connectivity index (χ3v) is 3.11. The summed E-state index contributed by atoms with van der Waals surface area (Å²) in [6, 6.07) is 2.98. The number of methoxy groups -OCH3 is 1. The van der Waals surface area contributed by atoms with Crippen LogP contribution in [0.5, 0.6) is 11.5 Å². The van der Waals surface area contributed by atoms with E-state index >= 15 is 0 Å². The number of rotatable bonds is 4. The van der Waals surface area contributed by atoms with Crippen LogP contribution in [-0.4, -0.2) is 36.2 Å². The molecule has 2 unspecified atom stereocenters. The number of carbonyl (C=O) groups excluding carboxylic acids is 1. The van der Waals surface area contributed by atoms with E-state index in [4.69, 9.17) is 21.1 Å². The van der Waals surface area contributed by atoms with E-state index in [-0.39, 0.29) is 23.8 Å². The average Bonchev–Trinajstić information content (AvgIpc) is 2.83. The summed E-state index contributed by atoms with van der Waals surface area (Å²) in [5, 5.41) is 20.0. The number of aliphatic hydroxyl groups excluding tert-OH is 2. The molecule has 1 aliphatic heterocycles. The van der Waals surface area contributed by atoms with Crippen LogP contribution < -0.4 is 9.47 Å². The minimum Gasteiger partial charge on any atom is -0.469 e. The Hall–Kier alpha value is -1.50. The highest BCUT2D eigenvalue weighted by Crippen LogP contribution is 2.39. The van der Waals surface area contributed by atoms with Gasteiger partial charge in [0, 0.05) is 11.6 Å². The molecule has 2 N–H and O–H groups in total. The van der Waals surface area contributed by atoms with Crippen LogP contribution in [0.2, 0.25) is 5.02 Å². The lowest BCUT2D eigenvalue weighted by Crippen LogP contribution is -2.22. The molecule has 7 heteroatoms. The molecule has 0 aromatic heterocycles. The minimum atomic E-state index is -1.32. The largest absolute Gasteiger partial charge is 0.469 e. The molecule has 0 fully saturated rings. The molecule has 2 atom stereocenters. The maximum Gasteiger partial charge on any atom is 0.308 e. The van der Waals surface area contributed by atoms with Crippen LogP contribution in [0.1, 0.15) is 18.1 Å². The zero-order valence-electron chi connectivity index (χ0n) is 10.1. The zero-order valence-corrected chi connectivity index (χ0v) is 10.9. The number of esters is 1. The van der Waals surface area contributed by atoms with E-state index in [9.17, 15) is 15.0 Å². The summed E-state index contributed by atoms with van der Waals surface area (Å²) in [7, 11) is 1.20. The number of hydrogen-bond donors (Lipinski definition) is 2. The molecule has 0 saturated carbocycles. The molecule has 0 saturated heterocycles. The third-order valence-electron chi connectivity index (χ3n) is 2.78. The molecule has 0 bridgehead atoms. The Balaban J connectivity index is 2.19. The average molecular weight is 289 g/mol. The van der Waals surface area contributed by atoms with Gasteiger partial charge in [0.15, 0.2) is 11.5 Å². The third kappa shape index (κ3) is 2.91. The van der Waals surface area contributed by atoms with Gasteiger partial charge in [-0.3, -0.25) is 4.79 Å². The predicted octanol–water partition coefficient (Wildman–Crippen LogP) is 1.03. The molecule has 2 rings (SSSR count). The predicted molar refractivity (Wildman–Crippen MR) is 65.2 cm³/mol. The van der Waals surface area contributed by atoms with Crippen LogP contribution >= 0.6 is 11.6 Å². The molecule has 1 aromatic rings. The van der Waals surface area contributed by atoms with Crippen molar-refractivity contribution in [3.8, 4) is 11.5 Å². The fraction of sp³-hybridized carbons (Fsp3) is 0.417. The van der Waals surface area contributed by atoms with E-state index < -0.39 is 18.2 Å². The molecule has 104 valence electrons. The molecule has 0 amide bonds. The van der Waals surface area contributed by atoms with Crippen LogP contribution in [0, 0.1) is 0 Å². The van der Waals surface area contributed by atoms with E-state index in [1.807, 2.05) is 0 Å². The first kappa shape index (κ1) is 13.9. The smallest absolute Gasteiger partial charge is 0.308 e. The van der Waals surface area contributed by atoms with Gasteiger partial charge >= 0.3 is 5.97 Å². The Kier molecular flexibility index (Phi) is 4.14. The van der Waals surface area contributed by atoms with Gasteiger partial charge in [0.25, 0.3) is 0 Å². The molecule has 0 aliphatic carbocycles. The van der Waals surface area contributed by atoms with Gasteiger partial charge in [-0.25, -0.2) is 0 Å². The van der Waals surface area contributed by atoms with Gasteiger partial charge in [-0.15, -0.1) is 0 Å². The molecule has 1 aromatic carbocycles. The number of fused-ring (bicyclic) bond motifs is 1. The monoisotopic (exact) mass is 288 g/mol. The van der Waals surface area contributed by atoms with Gasteiger partial charge in [-0.2, -0.15) is 0 Å². The van der Waals surface area contributed by atoms with Crippen molar-refractivity contribution < 1.29 is 29.2 Å². The summed E-state index contributed by atoms with van der Waals surface area (Å²) in [6.45, 7) is 0.0793. The first-order valence-corrected chi connectivity index (χ1v) is 5.92. The number of aliphatic hydroxyl groups is 2. The Morgan fingerprint density at radius 3 is 2.68 bits per heavy atom. The van der Waals surface area contributed by atoms with Crippen molar-refractivity contribution in [1.82, 2.24) is 0 Å². The number of carbonyl (C=O) groups is 1. The molecule has 6 nitrogen and oxygen atoms in total. The lowest BCUT2D eigenvalue weighted by molar-refractivity contribution is -0.144. The van der Waals surface area contributed by atoms with Crippen molar-refractivity contribution in [1.29, 1.82) is 0 Å². The van der Waals surface area contributed by atoms with Gasteiger partial charge in [0.05, 0.1) is 24.7 Å². The lowest BCUT2D eigenvalue weighted by Gasteiger charge is -2.18. The number of benzene rings is 1. The van der Waals surface area contributed by atoms with Crippen molar-refractivity contribution in [3.05, 3.63) is 22.7 Å². The topological polar surface area (TPSA) is 85.2 Å². The Morgan fingerprint density at radius 1 is 1.42 bits per heavy atom. The first-order chi connectivity index (χ1) is 9.02. The molecule has 1 heterocycles. The van der Waals surface area contributed by atoms with Crippen molar-refractivity contribution in [3.63, 3.8) is 0 Å². The van der Waals surface area contributed by atoms with Gasteiger partial charge in [0.1, 0.15) is 6.10 Å². The summed E-state index contributed by atoms with van der Waals surface area (Å²) in [4.78, 5) is 11.1. The van der Waals surface area contributed by atoms with Gasteiger partial charge in [0.2, 0.25) is 6.79 Å². The maximum absolute atomic E-state index is 11.1. The van der Waals surface area contributed by atoms with Crippen molar-refractivity contribution in [2.24, 2.45) is 0 Å². The van der Waals surface area contributed by atoms with Crippen LogP contribution in [0.3, 0.4) is 0 Å². The first-order valence-electron chi connectivity index (χ1n) is 5.55. The SMILES string of the molecule is COC(=O)CC(O)C(O)c1cc2c(cc1Cl)OCO2. The van der Waals surface area contributed by atoms with E-state index in [0.717, 1.165) is 0 Å². The molecular formula is C12H13ClO6. The van der Waals surface area contributed by atoms with Crippen molar-refractivity contribution in [2.45, 2.75) is 18.6 Å². The van der Waals surface area contributed by atoms with Crippen LogP contribution in [0.25, 0.3) is 0 Å². The van der Waals surface area contributed by atoms with Gasteiger partial charge in [-0.05, 0) is 6.07 Å². The van der Waals surface area contributed by atoms with E-state index in [2.05, 4.69) is 4.74 Å². The highest BCUT2D eigenvalue weighted by molar-refractivity contribution is 6.31. The molecule has 0 radical (unpaired) electrons. The van der Waals surface area contributed by atoms with Crippen molar-refractivity contribution in [2.75, 3.05) is 13.9 Å². The summed E-state index contributed by atoms with van der Waals surface area (Å²) in [6.07, 6.45) is -2.96. The molecule has 0 spiro atoms. The fourth-order valence-electron chi connectivity index (χ4n) is 1.73. The normalized spacial score (nSPS) is 16.0. The quantitative estimate of drug-likeness (QED) is 0.805. The second kappa shape index (κ2) is 5.64. The summed E-state index contributed by atoms with van der Waals surface area (Å²) in [5.74, 6) is 0.288. The molecular weight excluding hydrogens is 276 g/mol. The lowest BCUT2D eigenvalue weighted by atomic mass is 10.0.